The first-order valence-corrected chi connectivity index (χ1v) is 11.0. The van der Waals surface area contributed by atoms with Gasteiger partial charge in [-0.3, -0.25) is 9.59 Å². The zero-order chi connectivity index (χ0) is 24.3. The molecule has 0 spiro atoms. The number of methoxy groups -OCH3 is 1. The first kappa shape index (κ1) is 24.9. The van der Waals surface area contributed by atoms with Crippen LogP contribution >= 0.6 is 11.6 Å². The molecule has 2 amide bonds. The summed E-state index contributed by atoms with van der Waals surface area (Å²) in [6.45, 7) is 0.694. The molecule has 1 aromatic heterocycles. The van der Waals surface area contributed by atoms with Crippen LogP contribution in [-0.2, 0) is 11.3 Å². The minimum Gasteiger partial charge on any atom is -0.497 e. The maximum Gasteiger partial charge on any atom is 0.255 e. The Morgan fingerprint density at radius 1 is 1.09 bits per heavy atom. The van der Waals surface area contributed by atoms with Gasteiger partial charge in [-0.2, -0.15) is 0 Å². The molecule has 3 rings (SSSR count). The zero-order valence-electron chi connectivity index (χ0n) is 18.7. The van der Waals surface area contributed by atoms with Gasteiger partial charge in [0.25, 0.3) is 5.91 Å². The van der Waals surface area contributed by atoms with Gasteiger partial charge in [0.05, 0.1) is 17.7 Å². The molecule has 0 saturated carbocycles. The molecule has 3 aromatic rings. The highest BCUT2D eigenvalue weighted by atomic mass is 35.5. The summed E-state index contributed by atoms with van der Waals surface area (Å²) in [5.41, 5.74) is 6.73. The number of hydrogen-bond donors (Lipinski definition) is 3. The van der Waals surface area contributed by atoms with Gasteiger partial charge in [-0.15, -0.1) is 0 Å². The molecule has 2 aromatic carbocycles. The lowest BCUT2D eigenvalue weighted by atomic mass is 10.1. The molecule has 0 bridgehead atoms. The fourth-order valence-electron chi connectivity index (χ4n) is 3.05. The number of hydrogen-bond acceptors (Lipinski definition) is 7. The van der Waals surface area contributed by atoms with Gasteiger partial charge < -0.3 is 25.8 Å². The molecule has 1 unspecified atom stereocenters. The normalized spacial score (nSPS) is 11.4. The highest BCUT2D eigenvalue weighted by Crippen LogP contribution is 2.32. The number of nitrogens with zero attached hydrogens (tertiary/aromatic N) is 2. The van der Waals surface area contributed by atoms with Crippen LogP contribution in [0.4, 0.5) is 0 Å². The number of amides is 2. The average molecular weight is 484 g/mol. The molecule has 34 heavy (non-hydrogen) atoms. The number of benzene rings is 2. The molecule has 0 aliphatic carbocycles. The number of nitrogens with one attached hydrogen (secondary N) is 2. The van der Waals surface area contributed by atoms with Crippen molar-refractivity contribution in [1.29, 1.82) is 0 Å². The average Bonchev–Trinajstić information content (AvgIpc) is 2.87. The van der Waals surface area contributed by atoms with Gasteiger partial charge in [0, 0.05) is 25.0 Å². The smallest absolute Gasteiger partial charge is 0.255 e. The topological polar surface area (TPSA) is 128 Å². The van der Waals surface area contributed by atoms with E-state index >= 15 is 0 Å². The second-order valence-electron chi connectivity index (χ2n) is 7.34. The third kappa shape index (κ3) is 7.16. The maximum absolute atomic E-state index is 12.7. The molecule has 0 aliphatic rings. The molecule has 0 saturated heterocycles. The SMILES string of the molecule is COc1ccc(Oc2ccc(CNC(=O)C(CCCN)NC(=O)c3cncnc3)cc2)c(Cl)c1. The third-order valence-electron chi connectivity index (χ3n) is 4.90. The van der Waals surface area contributed by atoms with Gasteiger partial charge in [0.15, 0.2) is 0 Å². The van der Waals surface area contributed by atoms with E-state index in [4.69, 9.17) is 26.8 Å². The van der Waals surface area contributed by atoms with E-state index < -0.39 is 11.9 Å². The number of carbonyl (C=O) groups is 2. The summed E-state index contributed by atoms with van der Waals surface area (Å²) in [6, 6.07) is 11.7. The van der Waals surface area contributed by atoms with Crippen LogP contribution in [0.2, 0.25) is 5.02 Å². The van der Waals surface area contributed by atoms with Crippen LogP contribution in [0.25, 0.3) is 0 Å². The number of aromatic nitrogens is 2. The number of ether oxygens (including phenoxy) is 2. The first-order valence-electron chi connectivity index (χ1n) is 10.6. The quantitative estimate of drug-likeness (QED) is 0.382. The molecule has 0 aliphatic heterocycles. The van der Waals surface area contributed by atoms with E-state index in [2.05, 4.69) is 20.6 Å². The Bertz CT molecular complexity index is 1100. The molecule has 0 radical (unpaired) electrons. The van der Waals surface area contributed by atoms with Crippen LogP contribution in [-0.4, -0.2) is 41.5 Å². The van der Waals surface area contributed by atoms with E-state index in [0.29, 0.717) is 41.7 Å². The highest BCUT2D eigenvalue weighted by Gasteiger charge is 2.21. The monoisotopic (exact) mass is 483 g/mol. The van der Waals surface area contributed by atoms with Crippen molar-refractivity contribution in [3.05, 3.63) is 77.3 Å². The summed E-state index contributed by atoms with van der Waals surface area (Å²) in [5, 5.41) is 6.01. The summed E-state index contributed by atoms with van der Waals surface area (Å²) in [5.74, 6) is 1.02. The Kier molecular flexibility index (Phi) is 9.19. The van der Waals surface area contributed by atoms with Crippen molar-refractivity contribution in [2.24, 2.45) is 5.73 Å². The van der Waals surface area contributed by atoms with Gasteiger partial charge in [0.2, 0.25) is 5.91 Å². The molecule has 9 nitrogen and oxygen atoms in total. The predicted molar refractivity (Wildman–Crippen MR) is 128 cm³/mol. The van der Waals surface area contributed by atoms with Crippen LogP contribution in [0.15, 0.2) is 61.2 Å². The number of nitrogens with two attached hydrogens (primary N) is 1. The molecule has 178 valence electrons. The van der Waals surface area contributed by atoms with Crippen molar-refractivity contribution in [3.8, 4) is 17.2 Å². The fourth-order valence-corrected chi connectivity index (χ4v) is 3.26. The highest BCUT2D eigenvalue weighted by molar-refractivity contribution is 6.32. The lowest BCUT2D eigenvalue weighted by Crippen LogP contribution is -2.46. The van der Waals surface area contributed by atoms with E-state index in [0.717, 1.165) is 5.56 Å². The summed E-state index contributed by atoms with van der Waals surface area (Å²) < 4.78 is 10.9. The molecular formula is C24H26ClN5O4. The summed E-state index contributed by atoms with van der Waals surface area (Å²) in [4.78, 5) is 32.8. The predicted octanol–water partition coefficient (Wildman–Crippen LogP) is 3.08. The van der Waals surface area contributed by atoms with Crippen LogP contribution in [0.5, 0.6) is 17.2 Å². The minimum atomic E-state index is -0.726. The van der Waals surface area contributed by atoms with Crippen LogP contribution in [0, 0.1) is 0 Å². The second kappa shape index (κ2) is 12.5. The van der Waals surface area contributed by atoms with Crippen molar-refractivity contribution in [1.82, 2.24) is 20.6 Å². The number of halogens is 1. The van der Waals surface area contributed by atoms with E-state index in [1.54, 1.807) is 37.4 Å². The minimum absolute atomic E-state index is 0.278. The van der Waals surface area contributed by atoms with Crippen molar-refractivity contribution in [3.63, 3.8) is 0 Å². The third-order valence-corrected chi connectivity index (χ3v) is 5.19. The molecule has 10 heteroatoms. The lowest BCUT2D eigenvalue weighted by molar-refractivity contribution is -0.123. The first-order chi connectivity index (χ1) is 16.5. The molecule has 1 heterocycles. The zero-order valence-corrected chi connectivity index (χ0v) is 19.4. The van der Waals surface area contributed by atoms with Crippen LogP contribution in [0.1, 0.15) is 28.8 Å². The Morgan fingerprint density at radius 3 is 2.44 bits per heavy atom. The van der Waals surface area contributed by atoms with Crippen LogP contribution < -0.4 is 25.8 Å². The summed E-state index contributed by atoms with van der Waals surface area (Å²) >= 11 is 6.22. The lowest BCUT2D eigenvalue weighted by Gasteiger charge is -2.18. The maximum atomic E-state index is 12.7. The van der Waals surface area contributed by atoms with Gasteiger partial charge in [-0.1, -0.05) is 23.7 Å². The van der Waals surface area contributed by atoms with Gasteiger partial charge in [-0.05, 0) is 49.2 Å². The fraction of sp³-hybridized carbons (Fsp3) is 0.250. The van der Waals surface area contributed by atoms with Crippen molar-refractivity contribution in [2.45, 2.75) is 25.4 Å². The van der Waals surface area contributed by atoms with Crippen molar-refractivity contribution in [2.75, 3.05) is 13.7 Å². The van der Waals surface area contributed by atoms with Crippen molar-refractivity contribution < 1.29 is 19.1 Å². The number of rotatable bonds is 11. The van der Waals surface area contributed by atoms with E-state index in [-0.39, 0.29) is 18.0 Å². The second-order valence-corrected chi connectivity index (χ2v) is 7.75. The van der Waals surface area contributed by atoms with E-state index in [9.17, 15) is 9.59 Å². The molecule has 0 fully saturated rings. The largest absolute Gasteiger partial charge is 0.497 e. The standard InChI is InChI=1S/C24H26ClN5O4/c1-33-19-8-9-22(20(25)11-19)34-18-6-4-16(5-7-18)12-29-24(32)21(3-2-10-26)30-23(31)17-13-27-15-28-14-17/h4-9,11,13-15,21H,2-3,10,12,26H2,1H3,(H,29,32)(H,30,31). The Morgan fingerprint density at radius 2 is 1.79 bits per heavy atom. The molecule has 4 N–H and O–H groups in total. The van der Waals surface area contributed by atoms with E-state index in [1.165, 1.54) is 18.7 Å². The van der Waals surface area contributed by atoms with E-state index in [1.807, 2.05) is 12.1 Å². The molecule has 1 atom stereocenters. The Hall–Kier alpha value is -3.69. The summed E-state index contributed by atoms with van der Waals surface area (Å²) in [6.07, 6.45) is 5.12. The van der Waals surface area contributed by atoms with Gasteiger partial charge in [0.1, 0.15) is 29.6 Å². The number of carbonyl (C=O) groups excluding carboxylic acids is 2. The molecular weight excluding hydrogens is 458 g/mol. The van der Waals surface area contributed by atoms with Crippen LogP contribution in [0.3, 0.4) is 0 Å². The van der Waals surface area contributed by atoms with Gasteiger partial charge in [-0.25, -0.2) is 9.97 Å². The van der Waals surface area contributed by atoms with Gasteiger partial charge >= 0.3 is 0 Å². The Labute approximate surface area is 202 Å². The Balaban J connectivity index is 1.56. The van der Waals surface area contributed by atoms with Crippen molar-refractivity contribution >= 4 is 23.4 Å². The summed E-state index contributed by atoms with van der Waals surface area (Å²) in [7, 11) is 1.57.